The average molecular weight is 249 g/mol. The maximum absolute atomic E-state index is 5.82. The van der Waals surface area contributed by atoms with Crippen LogP contribution in [0.3, 0.4) is 0 Å². The van der Waals surface area contributed by atoms with E-state index in [2.05, 4.69) is 23.9 Å². The topological polar surface area (TPSA) is 51.4 Å². The second-order valence-electron chi connectivity index (χ2n) is 5.15. The van der Waals surface area contributed by atoms with Gasteiger partial charge in [-0.2, -0.15) is 0 Å². The third kappa shape index (κ3) is 3.13. The second-order valence-corrected chi connectivity index (χ2v) is 5.15. The number of aromatic nitrogens is 1. The smallest absolute Gasteiger partial charge is 0.171 e. The summed E-state index contributed by atoms with van der Waals surface area (Å²) in [6, 6.07) is 4.31. The van der Waals surface area contributed by atoms with Crippen molar-refractivity contribution in [2.75, 3.05) is 25.1 Å². The number of nitrogens with two attached hydrogens (primary N) is 1. The van der Waals surface area contributed by atoms with Crippen molar-refractivity contribution >= 4 is 5.82 Å². The van der Waals surface area contributed by atoms with E-state index in [4.69, 9.17) is 10.5 Å². The summed E-state index contributed by atoms with van der Waals surface area (Å²) < 4.78 is 5.73. The average Bonchev–Trinajstić information content (AvgIpc) is 2.34. The largest absolute Gasteiger partial charge is 0.490 e. The van der Waals surface area contributed by atoms with Crippen LogP contribution in [-0.4, -0.2) is 31.2 Å². The van der Waals surface area contributed by atoms with E-state index in [0.29, 0.717) is 12.0 Å². The molecule has 100 valence electrons. The zero-order chi connectivity index (χ0) is 13.0. The summed E-state index contributed by atoms with van der Waals surface area (Å²) in [6.45, 7) is 3.85. The van der Waals surface area contributed by atoms with E-state index in [1.807, 2.05) is 18.3 Å². The van der Waals surface area contributed by atoms with Crippen molar-refractivity contribution in [3.8, 4) is 5.75 Å². The lowest BCUT2D eigenvalue weighted by Crippen LogP contribution is -2.42. The lowest BCUT2D eigenvalue weighted by atomic mass is 9.80. The van der Waals surface area contributed by atoms with Crippen molar-refractivity contribution in [3.05, 3.63) is 18.3 Å². The highest BCUT2D eigenvalue weighted by Gasteiger charge is 2.27. The Morgan fingerprint density at radius 1 is 1.50 bits per heavy atom. The van der Waals surface area contributed by atoms with Gasteiger partial charge in [0.15, 0.2) is 11.6 Å². The van der Waals surface area contributed by atoms with Crippen LogP contribution in [0, 0.1) is 5.92 Å². The van der Waals surface area contributed by atoms with E-state index in [1.54, 1.807) is 0 Å². The fraction of sp³-hybridized carbons (Fsp3) is 0.643. The molecule has 1 heterocycles. The normalized spacial score (nSPS) is 22.4. The van der Waals surface area contributed by atoms with Gasteiger partial charge < -0.3 is 15.4 Å². The Balaban J connectivity index is 1.97. The van der Waals surface area contributed by atoms with Gasteiger partial charge in [0.25, 0.3) is 0 Å². The Kier molecular flexibility index (Phi) is 4.42. The summed E-state index contributed by atoms with van der Waals surface area (Å²) in [5.41, 5.74) is 5.82. The van der Waals surface area contributed by atoms with Gasteiger partial charge in [-0.05, 0) is 37.3 Å². The molecule has 0 aromatic carbocycles. The first kappa shape index (κ1) is 13.1. The lowest BCUT2D eigenvalue weighted by molar-refractivity contribution is 0.269. The van der Waals surface area contributed by atoms with Crippen LogP contribution in [0.1, 0.15) is 26.2 Å². The number of nitrogens with zero attached hydrogens (tertiary/aromatic N) is 2. The van der Waals surface area contributed by atoms with Gasteiger partial charge >= 0.3 is 0 Å². The summed E-state index contributed by atoms with van der Waals surface area (Å²) in [5.74, 6) is 2.52. The van der Waals surface area contributed by atoms with Crippen LogP contribution < -0.4 is 15.4 Å². The molecular weight excluding hydrogens is 226 g/mol. The molecule has 0 unspecified atom stereocenters. The third-order valence-electron chi connectivity index (χ3n) is 3.38. The quantitative estimate of drug-likeness (QED) is 0.838. The maximum Gasteiger partial charge on any atom is 0.171 e. The molecule has 0 radical (unpaired) electrons. The molecule has 0 spiro atoms. The highest BCUT2D eigenvalue weighted by atomic mass is 16.5. The molecule has 1 aliphatic carbocycles. The van der Waals surface area contributed by atoms with Crippen LogP contribution in [0.25, 0.3) is 0 Å². The van der Waals surface area contributed by atoms with Crippen molar-refractivity contribution in [2.24, 2.45) is 11.7 Å². The molecule has 18 heavy (non-hydrogen) atoms. The van der Waals surface area contributed by atoms with Crippen LogP contribution in [0.2, 0.25) is 0 Å². The first-order chi connectivity index (χ1) is 8.70. The van der Waals surface area contributed by atoms with Crippen molar-refractivity contribution < 1.29 is 4.74 Å². The van der Waals surface area contributed by atoms with E-state index < -0.39 is 0 Å². The highest BCUT2D eigenvalue weighted by molar-refractivity contribution is 5.51. The second kappa shape index (κ2) is 6.05. The van der Waals surface area contributed by atoms with E-state index >= 15 is 0 Å². The maximum atomic E-state index is 5.82. The first-order valence-electron chi connectivity index (χ1n) is 6.75. The van der Waals surface area contributed by atoms with Crippen molar-refractivity contribution in [1.29, 1.82) is 0 Å². The number of pyridine rings is 1. The SMILES string of the molecule is CCCOc1cccnc1N(C)CC1CC(N)C1. The molecule has 1 aromatic rings. The minimum absolute atomic E-state index is 0.406. The fourth-order valence-electron chi connectivity index (χ4n) is 2.40. The van der Waals surface area contributed by atoms with Gasteiger partial charge in [-0.25, -0.2) is 4.98 Å². The number of hydrogen-bond acceptors (Lipinski definition) is 4. The minimum atomic E-state index is 0.406. The van der Waals surface area contributed by atoms with Crippen LogP contribution in [0.5, 0.6) is 5.75 Å². The molecular formula is C14H23N3O. The fourth-order valence-corrected chi connectivity index (χ4v) is 2.40. The van der Waals surface area contributed by atoms with Gasteiger partial charge in [0.1, 0.15) is 0 Å². The summed E-state index contributed by atoms with van der Waals surface area (Å²) in [4.78, 5) is 6.61. The zero-order valence-corrected chi connectivity index (χ0v) is 11.3. The van der Waals surface area contributed by atoms with Gasteiger partial charge in [0.2, 0.25) is 0 Å². The van der Waals surface area contributed by atoms with Gasteiger partial charge in [0.05, 0.1) is 6.61 Å². The Labute approximate surface area is 109 Å². The number of ether oxygens (including phenoxy) is 1. The summed E-state index contributed by atoms with van der Waals surface area (Å²) >= 11 is 0. The number of hydrogen-bond donors (Lipinski definition) is 1. The van der Waals surface area contributed by atoms with Gasteiger partial charge in [-0.15, -0.1) is 0 Å². The summed E-state index contributed by atoms with van der Waals surface area (Å²) in [5, 5.41) is 0. The van der Waals surface area contributed by atoms with Crippen LogP contribution >= 0.6 is 0 Å². The zero-order valence-electron chi connectivity index (χ0n) is 11.3. The van der Waals surface area contributed by atoms with Crippen LogP contribution in [-0.2, 0) is 0 Å². The molecule has 1 aromatic heterocycles. The molecule has 2 N–H and O–H groups in total. The predicted molar refractivity (Wildman–Crippen MR) is 74.0 cm³/mol. The standard InChI is InChI=1S/C14H23N3O/c1-3-7-18-13-5-4-6-16-14(13)17(2)10-11-8-12(15)9-11/h4-6,11-12H,3,7-10,15H2,1-2H3. The molecule has 4 heteroatoms. The lowest BCUT2D eigenvalue weighted by Gasteiger charge is -2.35. The van der Waals surface area contributed by atoms with E-state index in [9.17, 15) is 0 Å². The van der Waals surface area contributed by atoms with Crippen molar-refractivity contribution in [2.45, 2.75) is 32.2 Å². The molecule has 2 rings (SSSR count). The molecule has 0 aliphatic heterocycles. The Hall–Kier alpha value is -1.29. The molecule has 0 amide bonds. The Bertz CT molecular complexity index is 377. The van der Waals surface area contributed by atoms with E-state index in [1.165, 1.54) is 0 Å². The molecule has 1 saturated carbocycles. The molecule has 1 aliphatic rings. The number of rotatable bonds is 6. The monoisotopic (exact) mass is 249 g/mol. The Morgan fingerprint density at radius 3 is 2.94 bits per heavy atom. The van der Waals surface area contributed by atoms with Gasteiger partial charge in [-0.3, -0.25) is 0 Å². The van der Waals surface area contributed by atoms with E-state index in [-0.39, 0.29) is 0 Å². The Morgan fingerprint density at radius 2 is 2.28 bits per heavy atom. The first-order valence-corrected chi connectivity index (χ1v) is 6.75. The van der Waals surface area contributed by atoms with Crippen LogP contribution in [0.4, 0.5) is 5.82 Å². The van der Waals surface area contributed by atoms with Gasteiger partial charge in [0, 0.05) is 25.8 Å². The van der Waals surface area contributed by atoms with Crippen molar-refractivity contribution in [3.63, 3.8) is 0 Å². The molecule has 0 atom stereocenters. The summed E-state index contributed by atoms with van der Waals surface area (Å²) in [6.07, 6.45) is 5.08. The minimum Gasteiger partial charge on any atom is -0.490 e. The molecule has 0 saturated heterocycles. The molecule has 4 nitrogen and oxygen atoms in total. The van der Waals surface area contributed by atoms with E-state index in [0.717, 1.165) is 44.0 Å². The molecule has 0 bridgehead atoms. The van der Waals surface area contributed by atoms with Gasteiger partial charge in [-0.1, -0.05) is 6.92 Å². The number of anilines is 1. The predicted octanol–water partition coefficient (Wildman–Crippen LogP) is 2.04. The van der Waals surface area contributed by atoms with Crippen LogP contribution in [0.15, 0.2) is 18.3 Å². The molecule has 1 fully saturated rings. The summed E-state index contributed by atoms with van der Waals surface area (Å²) in [7, 11) is 2.07. The highest BCUT2D eigenvalue weighted by Crippen LogP contribution is 2.30. The van der Waals surface area contributed by atoms with Crippen molar-refractivity contribution in [1.82, 2.24) is 4.98 Å². The third-order valence-corrected chi connectivity index (χ3v) is 3.38.